The molecule has 1 heterocycles. The predicted molar refractivity (Wildman–Crippen MR) is 74.2 cm³/mol. The van der Waals surface area contributed by atoms with Gasteiger partial charge in [-0.2, -0.15) is 0 Å². The SMILES string of the molecule is NC(N)=NCCCC(N)C(=O)O.O=C(O)C1CCCN1. The van der Waals surface area contributed by atoms with Gasteiger partial charge in [-0.15, -0.1) is 0 Å². The summed E-state index contributed by atoms with van der Waals surface area (Å²) in [6.07, 6.45) is 2.74. The van der Waals surface area contributed by atoms with E-state index in [1.54, 1.807) is 0 Å². The standard InChI is InChI=1S/C6H14N4O2.C5H9NO2/c7-4(5(11)12)2-1-3-10-6(8)9;7-5(8)4-2-1-3-6-4/h4H,1-3,7H2,(H,11,12)(H4,8,9,10);4,6H,1-3H2,(H,7,8). The largest absolute Gasteiger partial charge is 0.480 e. The smallest absolute Gasteiger partial charge is 0.320 e. The summed E-state index contributed by atoms with van der Waals surface area (Å²) in [6, 6.07) is -1.09. The second-order valence-electron chi connectivity index (χ2n) is 4.38. The van der Waals surface area contributed by atoms with Gasteiger partial charge in [-0.25, -0.2) is 0 Å². The molecular weight excluding hydrogens is 266 g/mol. The molecule has 9 heteroatoms. The molecule has 0 saturated carbocycles. The minimum absolute atomic E-state index is 0.0129. The topological polar surface area (TPSA) is 177 Å². The second-order valence-corrected chi connectivity index (χ2v) is 4.38. The van der Waals surface area contributed by atoms with E-state index in [4.69, 9.17) is 27.4 Å². The highest BCUT2D eigenvalue weighted by Gasteiger charge is 2.20. The zero-order valence-electron chi connectivity index (χ0n) is 11.3. The van der Waals surface area contributed by atoms with Crippen LogP contribution in [0.4, 0.5) is 0 Å². The Balaban J connectivity index is 0.000000388. The van der Waals surface area contributed by atoms with Crippen molar-refractivity contribution in [3.05, 3.63) is 0 Å². The Hall–Kier alpha value is -1.87. The van der Waals surface area contributed by atoms with E-state index >= 15 is 0 Å². The number of carbonyl (C=O) groups is 2. The summed E-state index contributed by atoms with van der Waals surface area (Å²) < 4.78 is 0. The summed E-state index contributed by atoms with van der Waals surface area (Å²) in [4.78, 5) is 24.0. The predicted octanol–water partition coefficient (Wildman–Crippen LogP) is -1.73. The van der Waals surface area contributed by atoms with E-state index in [1.165, 1.54) is 0 Å². The Morgan fingerprint density at radius 1 is 1.35 bits per heavy atom. The van der Waals surface area contributed by atoms with Gasteiger partial charge >= 0.3 is 11.9 Å². The highest BCUT2D eigenvalue weighted by Crippen LogP contribution is 2.03. The lowest BCUT2D eigenvalue weighted by Gasteiger charge is -2.03. The van der Waals surface area contributed by atoms with Crippen LogP contribution in [0.25, 0.3) is 0 Å². The number of nitrogens with zero attached hydrogens (tertiary/aromatic N) is 1. The molecule has 9 nitrogen and oxygen atoms in total. The van der Waals surface area contributed by atoms with Crippen LogP contribution in [-0.4, -0.2) is 53.3 Å². The van der Waals surface area contributed by atoms with Crippen LogP contribution in [0, 0.1) is 0 Å². The molecule has 1 aliphatic heterocycles. The lowest BCUT2D eigenvalue weighted by atomic mass is 10.2. The first-order chi connectivity index (χ1) is 9.34. The van der Waals surface area contributed by atoms with Crippen LogP contribution >= 0.6 is 0 Å². The van der Waals surface area contributed by atoms with E-state index in [0.717, 1.165) is 19.4 Å². The number of hydrogen-bond acceptors (Lipinski definition) is 5. The number of guanidine groups is 1. The van der Waals surface area contributed by atoms with Gasteiger partial charge in [-0.05, 0) is 32.2 Å². The fourth-order valence-corrected chi connectivity index (χ4v) is 1.54. The molecule has 0 aromatic carbocycles. The van der Waals surface area contributed by atoms with Gasteiger partial charge in [0, 0.05) is 6.54 Å². The molecule has 1 fully saturated rings. The van der Waals surface area contributed by atoms with E-state index < -0.39 is 18.0 Å². The maximum absolute atomic E-state index is 10.2. The van der Waals surface area contributed by atoms with Crippen molar-refractivity contribution in [1.82, 2.24) is 5.32 Å². The van der Waals surface area contributed by atoms with Crippen molar-refractivity contribution in [2.45, 2.75) is 37.8 Å². The number of hydrogen-bond donors (Lipinski definition) is 6. The minimum atomic E-state index is -1.00. The number of nitrogens with two attached hydrogens (primary N) is 3. The molecule has 2 atom stereocenters. The van der Waals surface area contributed by atoms with Gasteiger partial charge in [0.15, 0.2) is 5.96 Å². The number of aliphatic imine (C=N–C) groups is 1. The Labute approximate surface area is 117 Å². The van der Waals surface area contributed by atoms with Gasteiger partial charge in [0.2, 0.25) is 0 Å². The summed E-state index contributed by atoms with van der Waals surface area (Å²) in [7, 11) is 0. The van der Waals surface area contributed by atoms with Gasteiger partial charge in [0.05, 0.1) is 0 Å². The molecule has 20 heavy (non-hydrogen) atoms. The van der Waals surface area contributed by atoms with Crippen molar-refractivity contribution < 1.29 is 19.8 Å². The lowest BCUT2D eigenvalue weighted by molar-refractivity contribution is -0.139. The fraction of sp³-hybridized carbons (Fsp3) is 0.727. The van der Waals surface area contributed by atoms with Crippen molar-refractivity contribution in [2.24, 2.45) is 22.2 Å². The fourth-order valence-electron chi connectivity index (χ4n) is 1.54. The molecule has 1 aliphatic rings. The highest BCUT2D eigenvalue weighted by atomic mass is 16.4. The first kappa shape index (κ1) is 18.1. The van der Waals surface area contributed by atoms with Gasteiger partial charge in [0.25, 0.3) is 0 Å². The van der Waals surface area contributed by atoms with Crippen LogP contribution in [0.15, 0.2) is 4.99 Å². The first-order valence-electron chi connectivity index (χ1n) is 6.34. The third-order valence-electron chi connectivity index (χ3n) is 2.64. The average Bonchev–Trinajstić information content (AvgIpc) is 2.88. The minimum Gasteiger partial charge on any atom is -0.480 e. The molecule has 1 saturated heterocycles. The molecule has 0 bridgehead atoms. The van der Waals surface area contributed by atoms with E-state index in [0.29, 0.717) is 19.4 Å². The number of rotatable bonds is 6. The molecule has 2 unspecified atom stereocenters. The van der Waals surface area contributed by atoms with Gasteiger partial charge in [-0.3, -0.25) is 14.6 Å². The van der Waals surface area contributed by atoms with Crippen molar-refractivity contribution in [2.75, 3.05) is 13.1 Å². The molecule has 1 rings (SSSR count). The van der Waals surface area contributed by atoms with E-state index in [9.17, 15) is 9.59 Å². The molecule has 0 spiro atoms. The van der Waals surface area contributed by atoms with Crippen molar-refractivity contribution >= 4 is 17.9 Å². The molecule has 0 amide bonds. The Morgan fingerprint density at radius 2 is 2.00 bits per heavy atom. The number of carboxylic acid groups (broad SMARTS) is 2. The quantitative estimate of drug-likeness (QED) is 0.190. The van der Waals surface area contributed by atoms with Crippen LogP contribution in [0.2, 0.25) is 0 Å². The molecule has 9 N–H and O–H groups in total. The zero-order chi connectivity index (χ0) is 15.5. The van der Waals surface area contributed by atoms with Crippen LogP contribution in [0.5, 0.6) is 0 Å². The van der Waals surface area contributed by atoms with Gasteiger partial charge in [0.1, 0.15) is 12.1 Å². The van der Waals surface area contributed by atoms with Crippen LogP contribution in [0.1, 0.15) is 25.7 Å². The summed E-state index contributed by atoms with van der Waals surface area (Å²) >= 11 is 0. The molecular formula is C11H23N5O4. The zero-order valence-corrected chi connectivity index (χ0v) is 11.3. The summed E-state index contributed by atoms with van der Waals surface area (Å²) in [6.45, 7) is 1.28. The summed E-state index contributed by atoms with van der Waals surface area (Å²) in [5.41, 5.74) is 15.3. The third kappa shape index (κ3) is 9.11. The van der Waals surface area contributed by atoms with Crippen LogP contribution < -0.4 is 22.5 Å². The number of carboxylic acids is 2. The van der Waals surface area contributed by atoms with E-state index in [2.05, 4.69) is 10.3 Å². The summed E-state index contributed by atoms with van der Waals surface area (Å²) in [5, 5.41) is 19.6. The lowest BCUT2D eigenvalue weighted by Crippen LogP contribution is -2.30. The molecule has 0 radical (unpaired) electrons. The monoisotopic (exact) mass is 289 g/mol. The number of aliphatic carboxylic acids is 2. The molecule has 0 aliphatic carbocycles. The van der Waals surface area contributed by atoms with Gasteiger partial charge < -0.3 is 32.7 Å². The second kappa shape index (κ2) is 9.98. The first-order valence-corrected chi connectivity index (χ1v) is 6.34. The Kier molecular flexibility index (Phi) is 9.05. The van der Waals surface area contributed by atoms with Crippen molar-refractivity contribution in [3.8, 4) is 0 Å². The van der Waals surface area contributed by atoms with Gasteiger partial charge in [-0.1, -0.05) is 0 Å². The summed E-state index contributed by atoms with van der Waals surface area (Å²) in [5.74, 6) is -1.71. The molecule has 0 aromatic heterocycles. The van der Waals surface area contributed by atoms with E-state index in [-0.39, 0.29) is 12.0 Å². The normalized spacial score (nSPS) is 18.6. The molecule has 0 aromatic rings. The third-order valence-corrected chi connectivity index (χ3v) is 2.64. The Morgan fingerprint density at radius 3 is 2.35 bits per heavy atom. The maximum Gasteiger partial charge on any atom is 0.320 e. The van der Waals surface area contributed by atoms with E-state index in [1.807, 2.05) is 0 Å². The van der Waals surface area contributed by atoms with Crippen molar-refractivity contribution in [3.63, 3.8) is 0 Å². The van der Waals surface area contributed by atoms with Crippen LogP contribution in [0.3, 0.4) is 0 Å². The number of nitrogens with one attached hydrogen (secondary N) is 1. The molecule has 116 valence electrons. The Bertz CT molecular complexity index is 338. The van der Waals surface area contributed by atoms with Crippen molar-refractivity contribution in [1.29, 1.82) is 0 Å². The average molecular weight is 289 g/mol. The maximum atomic E-state index is 10.2. The van der Waals surface area contributed by atoms with Crippen LogP contribution in [-0.2, 0) is 9.59 Å². The highest BCUT2D eigenvalue weighted by molar-refractivity contribution is 5.75.